The SMILES string of the molecule is CC(Oc1ccccc1)C(=O)N[C@@H](C)CN. The molecule has 1 amide bonds. The van der Waals surface area contributed by atoms with Crippen LogP contribution in [0.25, 0.3) is 0 Å². The highest BCUT2D eigenvalue weighted by Gasteiger charge is 2.15. The van der Waals surface area contributed by atoms with E-state index in [4.69, 9.17) is 10.5 Å². The minimum Gasteiger partial charge on any atom is -0.481 e. The summed E-state index contributed by atoms with van der Waals surface area (Å²) in [6.45, 7) is 3.99. The van der Waals surface area contributed by atoms with Gasteiger partial charge < -0.3 is 15.8 Å². The second-order valence-corrected chi connectivity index (χ2v) is 3.72. The highest BCUT2D eigenvalue weighted by Crippen LogP contribution is 2.10. The summed E-state index contributed by atoms with van der Waals surface area (Å²) in [6.07, 6.45) is -0.517. The molecule has 0 bridgehead atoms. The summed E-state index contributed by atoms with van der Waals surface area (Å²) >= 11 is 0. The van der Waals surface area contributed by atoms with Crippen molar-refractivity contribution in [3.05, 3.63) is 30.3 Å². The van der Waals surface area contributed by atoms with E-state index >= 15 is 0 Å². The van der Waals surface area contributed by atoms with E-state index in [9.17, 15) is 4.79 Å². The van der Waals surface area contributed by atoms with Gasteiger partial charge in [0.1, 0.15) is 5.75 Å². The van der Waals surface area contributed by atoms with Gasteiger partial charge in [-0.3, -0.25) is 4.79 Å². The highest BCUT2D eigenvalue weighted by molar-refractivity contribution is 5.80. The van der Waals surface area contributed by atoms with E-state index in [0.29, 0.717) is 12.3 Å². The number of hydrogen-bond acceptors (Lipinski definition) is 3. The van der Waals surface area contributed by atoms with E-state index in [1.54, 1.807) is 6.92 Å². The van der Waals surface area contributed by atoms with E-state index in [1.807, 2.05) is 37.3 Å². The molecule has 88 valence electrons. The molecule has 4 heteroatoms. The molecule has 1 unspecified atom stereocenters. The van der Waals surface area contributed by atoms with Crippen LogP contribution >= 0.6 is 0 Å². The Morgan fingerprint density at radius 3 is 2.56 bits per heavy atom. The van der Waals surface area contributed by atoms with Gasteiger partial charge in [-0.2, -0.15) is 0 Å². The van der Waals surface area contributed by atoms with E-state index in [-0.39, 0.29) is 11.9 Å². The molecule has 4 nitrogen and oxygen atoms in total. The number of rotatable bonds is 5. The molecular formula is C12H18N2O2. The van der Waals surface area contributed by atoms with E-state index in [0.717, 1.165) is 0 Å². The fourth-order valence-electron chi connectivity index (χ4n) is 1.18. The predicted octanol–water partition coefficient (Wildman–Crippen LogP) is 0.917. The van der Waals surface area contributed by atoms with E-state index in [1.165, 1.54) is 0 Å². The van der Waals surface area contributed by atoms with Gasteiger partial charge in [0.05, 0.1) is 0 Å². The van der Waals surface area contributed by atoms with Crippen molar-refractivity contribution in [3.8, 4) is 5.75 Å². The number of nitrogens with two attached hydrogens (primary N) is 1. The quantitative estimate of drug-likeness (QED) is 0.778. The Balaban J connectivity index is 2.46. The molecule has 0 fully saturated rings. The Kier molecular flexibility index (Phi) is 4.79. The van der Waals surface area contributed by atoms with Crippen LogP contribution in [0.1, 0.15) is 13.8 Å². The first-order valence-electron chi connectivity index (χ1n) is 5.35. The number of carbonyl (C=O) groups is 1. The molecule has 0 heterocycles. The molecule has 0 saturated carbocycles. The van der Waals surface area contributed by atoms with Crippen molar-refractivity contribution in [1.29, 1.82) is 0 Å². The summed E-state index contributed by atoms with van der Waals surface area (Å²) in [6, 6.07) is 9.22. The Labute approximate surface area is 95.8 Å². The number of amides is 1. The smallest absolute Gasteiger partial charge is 0.261 e. The average molecular weight is 222 g/mol. The highest BCUT2D eigenvalue weighted by atomic mass is 16.5. The van der Waals surface area contributed by atoms with E-state index < -0.39 is 6.10 Å². The van der Waals surface area contributed by atoms with Crippen LogP contribution in [0.4, 0.5) is 0 Å². The van der Waals surface area contributed by atoms with Crippen LogP contribution in [0.3, 0.4) is 0 Å². The van der Waals surface area contributed by atoms with Crippen molar-refractivity contribution in [1.82, 2.24) is 5.32 Å². The predicted molar refractivity (Wildman–Crippen MR) is 63.2 cm³/mol. The first-order chi connectivity index (χ1) is 7.63. The summed E-state index contributed by atoms with van der Waals surface area (Å²) in [4.78, 5) is 11.6. The van der Waals surface area contributed by atoms with Crippen molar-refractivity contribution in [2.45, 2.75) is 26.0 Å². The molecule has 0 aliphatic heterocycles. The maximum absolute atomic E-state index is 11.6. The Morgan fingerprint density at radius 2 is 2.00 bits per heavy atom. The lowest BCUT2D eigenvalue weighted by molar-refractivity contribution is -0.127. The lowest BCUT2D eigenvalue weighted by Crippen LogP contribution is -2.44. The second kappa shape index (κ2) is 6.12. The van der Waals surface area contributed by atoms with Crippen LogP contribution in [-0.2, 0) is 4.79 Å². The lowest BCUT2D eigenvalue weighted by atomic mass is 10.3. The third kappa shape index (κ3) is 3.90. The Bertz CT molecular complexity index is 327. The maximum atomic E-state index is 11.6. The van der Waals surface area contributed by atoms with Gasteiger partial charge in [0.15, 0.2) is 6.10 Å². The Morgan fingerprint density at radius 1 is 1.38 bits per heavy atom. The van der Waals surface area contributed by atoms with Gasteiger partial charge in [0.25, 0.3) is 5.91 Å². The summed E-state index contributed by atoms with van der Waals surface area (Å²) in [5, 5.41) is 2.76. The molecular weight excluding hydrogens is 204 g/mol. The third-order valence-electron chi connectivity index (χ3n) is 2.17. The number of ether oxygens (including phenoxy) is 1. The van der Waals surface area contributed by atoms with Crippen molar-refractivity contribution in [2.24, 2.45) is 5.73 Å². The Hall–Kier alpha value is -1.55. The van der Waals surface area contributed by atoms with Gasteiger partial charge in [0.2, 0.25) is 0 Å². The summed E-state index contributed by atoms with van der Waals surface area (Å²) in [5.41, 5.74) is 5.42. The minimum absolute atomic E-state index is 0.0330. The maximum Gasteiger partial charge on any atom is 0.261 e. The van der Waals surface area contributed by atoms with Gasteiger partial charge in [-0.05, 0) is 26.0 Å². The lowest BCUT2D eigenvalue weighted by Gasteiger charge is -2.17. The standard InChI is InChI=1S/C12H18N2O2/c1-9(8-13)14-12(15)10(2)16-11-6-4-3-5-7-11/h3-7,9-10H,8,13H2,1-2H3,(H,14,15)/t9-,10?/m0/s1. The molecule has 1 aromatic rings. The largest absolute Gasteiger partial charge is 0.481 e. The zero-order valence-corrected chi connectivity index (χ0v) is 9.64. The zero-order valence-electron chi connectivity index (χ0n) is 9.64. The molecule has 3 N–H and O–H groups in total. The van der Waals surface area contributed by atoms with Crippen LogP contribution in [0.15, 0.2) is 30.3 Å². The third-order valence-corrected chi connectivity index (χ3v) is 2.17. The first kappa shape index (κ1) is 12.5. The molecule has 0 aliphatic rings. The molecule has 0 aromatic heterocycles. The minimum atomic E-state index is -0.517. The molecule has 0 aliphatic carbocycles. The molecule has 0 saturated heterocycles. The van der Waals surface area contributed by atoms with Crippen molar-refractivity contribution in [2.75, 3.05) is 6.54 Å². The van der Waals surface area contributed by atoms with E-state index in [2.05, 4.69) is 5.32 Å². The molecule has 0 radical (unpaired) electrons. The second-order valence-electron chi connectivity index (χ2n) is 3.72. The van der Waals surface area contributed by atoms with Crippen molar-refractivity contribution >= 4 is 5.91 Å². The zero-order chi connectivity index (χ0) is 12.0. The van der Waals surface area contributed by atoms with Gasteiger partial charge in [-0.1, -0.05) is 18.2 Å². The number of hydrogen-bond donors (Lipinski definition) is 2. The normalized spacial score (nSPS) is 13.9. The number of nitrogens with one attached hydrogen (secondary N) is 1. The molecule has 0 spiro atoms. The van der Waals surface area contributed by atoms with Crippen molar-refractivity contribution < 1.29 is 9.53 Å². The molecule has 1 aromatic carbocycles. The summed E-state index contributed by atoms with van der Waals surface area (Å²) < 4.78 is 5.47. The number of para-hydroxylation sites is 1. The molecule has 2 atom stereocenters. The van der Waals surface area contributed by atoms with Gasteiger partial charge in [-0.25, -0.2) is 0 Å². The van der Waals surface area contributed by atoms with Crippen molar-refractivity contribution in [3.63, 3.8) is 0 Å². The van der Waals surface area contributed by atoms with Gasteiger partial charge >= 0.3 is 0 Å². The fourth-order valence-corrected chi connectivity index (χ4v) is 1.18. The summed E-state index contributed by atoms with van der Waals surface area (Å²) in [5.74, 6) is 0.535. The molecule has 16 heavy (non-hydrogen) atoms. The van der Waals surface area contributed by atoms with Crippen LogP contribution in [-0.4, -0.2) is 24.6 Å². The number of carbonyl (C=O) groups excluding carboxylic acids is 1. The van der Waals surface area contributed by atoms with Crippen LogP contribution in [0.2, 0.25) is 0 Å². The number of benzene rings is 1. The topological polar surface area (TPSA) is 64.3 Å². The van der Waals surface area contributed by atoms with Gasteiger partial charge in [-0.15, -0.1) is 0 Å². The van der Waals surface area contributed by atoms with Gasteiger partial charge in [0, 0.05) is 12.6 Å². The van der Waals surface area contributed by atoms with Crippen LogP contribution in [0.5, 0.6) is 5.75 Å². The average Bonchev–Trinajstić information content (AvgIpc) is 2.30. The van der Waals surface area contributed by atoms with Crippen LogP contribution in [0, 0.1) is 0 Å². The first-order valence-corrected chi connectivity index (χ1v) is 5.35. The monoisotopic (exact) mass is 222 g/mol. The van der Waals surface area contributed by atoms with Crippen LogP contribution < -0.4 is 15.8 Å². The summed E-state index contributed by atoms with van der Waals surface area (Å²) in [7, 11) is 0. The fraction of sp³-hybridized carbons (Fsp3) is 0.417. The molecule has 1 rings (SSSR count).